The molecule has 1 aliphatic rings. The molecule has 64 valence electrons. The predicted molar refractivity (Wildman–Crippen MR) is 55.0 cm³/mol. The summed E-state index contributed by atoms with van der Waals surface area (Å²) in [6.07, 6.45) is 22.0. The Hall–Kier alpha value is -1.04. The van der Waals surface area contributed by atoms with Gasteiger partial charge in [0.25, 0.3) is 0 Å². The summed E-state index contributed by atoms with van der Waals surface area (Å²) in [4.78, 5) is 0. The fourth-order valence-electron chi connectivity index (χ4n) is 1.10. The monoisotopic (exact) mass is 160 g/mol. The highest BCUT2D eigenvalue weighted by Gasteiger charge is 1.78. The molecule has 0 aromatic carbocycles. The zero-order valence-corrected chi connectivity index (χ0v) is 7.45. The lowest BCUT2D eigenvalue weighted by Gasteiger charge is -1.89. The van der Waals surface area contributed by atoms with Crippen molar-refractivity contribution in [3.05, 3.63) is 48.6 Å². The number of hydrogen-bond donors (Lipinski definition) is 0. The van der Waals surface area contributed by atoms with Gasteiger partial charge in [0.05, 0.1) is 0 Å². The third kappa shape index (κ3) is 4.73. The maximum Gasteiger partial charge on any atom is -0.0313 e. The topological polar surface area (TPSA) is 0 Å². The van der Waals surface area contributed by atoms with E-state index in [0.717, 1.165) is 12.8 Å². The van der Waals surface area contributed by atoms with Crippen LogP contribution in [0.3, 0.4) is 0 Å². The summed E-state index contributed by atoms with van der Waals surface area (Å²) in [5.74, 6) is 0. The van der Waals surface area contributed by atoms with Crippen LogP contribution in [0.15, 0.2) is 48.6 Å². The van der Waals surface area contributed by atoms with Crippen LogP contribution >= 0.6 is 0 Å². The van der Waals surface area contributed by atoms with Gasteiger partial charge in [0.1, 0.15) is 0 Å². The molecule has 0 heterocycles. The molecular weight excluding hydrogens is 144 g/mol. The Kier molecular flexibility index (Phi) is 5.02. The van der Waals surface area contributed by atoms with E-state index >= 15 is 0 Å². The molecule has 0 unspecified atom stereocenters. The van der Waals surface area contributed by atoms with E-state index in [1.165, 1.54) is 12.8 Å². The van der Waals surface area contributed by atoms with Gasteiger partial charge in [0.2, 0.25) is 0 Å². The minimum Gasteiger partial charge on any atom is -0.0882 e. The van der Waals surface area contributed by atoms with Crippen molar-refractivity contribution < 1.29 is 0 Å². The van der Waals surface area contributed by atoms with Crippen LogP contribution < -0.4 is 0 Å². The first-order valence-electron chi connectivity index (χ1n) is 4.63. The molecular formula is C12H16. The Labute approximate surface area is 75.0 Å². The fraction of sp³-hybridized carbons (Fsp3) is 0.333. The van der Waals surface area contributed by atoms with Gasteiger partial charge in [0, 0.05) is 0 Å². The smallest absolute Gasteiger partial charge is 0.0313 e. The van der Waals surface area contributed by atoms with Crippen LogP contribution in [-0.4, -0.2) is 0 Å². The van der Waals surface area contributed by atoms with E-state index in [1.807, 2.05) is 0 Å². The molecule has 1 aliphatic carbocycles. The zero-order valence-electron chi connectivity index (χ0n) is 7.45. The molecule has 0 aromatic heterocycles. The second kappa shape index (κ2) is 6.66. The van der Waals surface area contributed by atoms with Crippen molar-refractivity contribution in [1.29, 1.82) is 0 Å². The Morgan fingerprint density at radius 3 is 1.33 bits per heavy atom. The second-order valence-electron chi connectivity index (χ2n) is 2.87. The molecule has 0 aliphatic heterocycles. The van der Waals surface area contributed by atoms with Crippen molar-refractivity contribution >= 4 is 0 Å². The van der Waals surface area contributed by atoms with Crippen molar-refractivity contribution in [3.63, 3.8) is 0 Å². The molecule has 0 bridgehead atoms. The first-order chi connectivity index (χ1) is 6.00. The molecule has 0 heteroatoms. The fourth-order valence-corrected chi connectivity index (χ4v) is 1.10. The maximum absolute atomic E-state index is 2.27. The number of hydrogen-bond acceptors (Lipinski definition) is 0. The Balaban J connectivity index is 2.42. The lowest BCUT2D eigenvalue weighted by atomic mass is 10.2. The highest BCUT2D eigenvalue weighted by atomic mass is 13.9. The third-order valence-electron chi connectivity index (χ3n) is 1.77. The van der Waals surface area contributed by atoms with Gasteiger partial charge in [0.15, 0.2) is 0 Å². The van der Waals surface area contributed by atoms with E-state index < -0.39 is 0 Å². The summed E-state index contributed by atoms with van der Waals surface area (Å²) in [6.45, 7) is 0. The van der Waals surface area contributed by atoms with Crippen LogP contribution in [0.25, 0.3) is 0 Å². The largest absolute Gasteiger partial charge is 0.0882 e. The summed E-state index contributed by atoms with van der Waals surface area (Å²) in [5, 5.41) is 0. The first kappa shape index (κ1) is 9.05. The average Bonchev–Trinajstić information content (AvgIpc) is 2.05. The van der Waals surface area contributed by atoms with E-state index in [0.29, 0.717) is 0 Å². The predicted octanol–water partition coefficient (Wildman–Crippen LogP) is 3.79. The molecule has 0 radical (unpaired) electrons. The molecule has 0 aromatic rings. The van der Waals surface area contributed by atoms with Crippen LogP contribution in [0, 0.1) is 0 Å². The van der Waals surface area contributed by atoms with Crippen LogP contribution in [0.1, 0.15) is 25.7 Å². The van der Waals surface area contributed by atoms with Gasteiger partial charge in [-0.25, -0.2) is 0 Å². The summed E-state index contributed by atoms with van der Waals surface area (Å²) in [6, 6.07) is 0. The van der Waals surface area contributed by atoms with Crippen molar-refractivity contribution in [2.24, 2.45) is 0 Å². The van der Waals surface area contributed by atoms with Gasteiger partial charge in [-0.1, -0.05) is 48.6 Å². The standard InChI is InChI=1S/C12H16/c1-2-4-6-8-10-12-11-9-7-5-3-1/h1-6,11-12H,7-10H2/b2-1+,5-3-,6-4-,12-11-. The SMILES string of the molecule is C1=C\CC/C=C\CC\C=C/C=C/1. The van der Waals surface area contributed by atoms with Gasteiger partial charge < -0.3 is 0 Å². The van der Waals surface area contributed by atoms with Crippen LogP contribution in [0.5, 0.6) is 0 Å². The van der Waals surface area contributed by atoms with E-state index in [-0.39, 0.29) is 0 Å². The normalized spacial score (nSPS) is 29.3. The molecule has 0 nitrogen and oxygen atoms in total. The summed E-state index contributed by atoms with van der Waals surface area (Å²) >= 11 is 0. The van der Waals surface area contributed by atoms with E-state index in [2.05, 4.69) is 48.6 Å². The summed E-state index contributed by atoms with van der Waals surface area (Å²) < 4.78 is 0. The van der Waals surface area contributed by atoms with Crippen molar-refractivity contribution in [2.75, 3.05) is 0 Å². The minimum absolute atomic E-state index is 1.16. The van der Waals surface area contributed by atoms with Gasteiger partial charge in [-0.05, 0) is 25.7 Å². The number of rotatable bonds is 0. The summed E-state index contributed by atoms with van der Waals surface area (Å²) in [7, 11) is 0. The molecule has 0 amide bonds. The average molecular weight is 160 g/mol. The molecule has 0 atom stereocenters. The molecule has 0 N–H and O–H groups in total. The van der Waals surface area contributed by atoms with Crippen LogP contribution in [-0.2, 0) is 0 Å². The van der Waals surface area contributed by atoms with E-state index in [9.17, 15) is 0 Å². The Morgan fingerprint density at radius 2 is 0.833 bits per heavy atom. The number of allylic oxidation sites excluding steroid dienone is 8. The Bertz CT molecular complexity index is 182. The van der Waals surface area contributed by atoms with Gasteiger partial charge in [-0.2, -0.15) is 0 Å². The quantitative estimate of drug-likeness (QED) is 0.473. The third-order valence-corrected chi connectivity index (χ3v) is 1.77. The molecule has 0 spiro atoms. The van der Waals surface area contributed by atoms with Crippen molar-refractivity contribution in [1.82, 2.24) is 0 Å². The van der Waals surface area contributed by atoms with E-state index in [1.54, 1.807) is 0 Å². The van der Waals surface area contributed by atoms with Crippen LogP contribution in [0.2, 0.25) is 0 Å². The van der Waals surface area contributed by atoms with Crippen molar-refractivity contribution in [3.8, 4) is 0 Å². The lowest BCUT2D eigenvalue weighted by Crippen LogP contribution is -1.68. The van der Waals surface area contributed by atoms with Gasteiger partial charge in [-0.15, -0.1) is 0 Å². The lowest BCUT2D eigenvalue weighted by molar-refractivity contribution is 1.00. The second-order valence-corrected chi connectivity index (χ2v) is 2.87. The van der Waals surface area contributed by atoms with Gasteiger partial charge in [-0.3, -0.25) is 0 Å². The molecule has 0 saturated carbocycles. The minimum atomic E-state index is 1.16. The molecule has 0 fully saturated rings. The summed E-state index contributed by atoms with van der Waals surface area (Å²) in [5.41, 5.74) is 0. The van der Waals surface area contributed by atoms with Crippen LogP contribution in [0.4, 0.5) is 0 Å². The molecule has 0 saturated heterocycles. The highest BCUT2D eigenvalue weighted by Crippen LogP contribution is 1.99. The first-order valence-corrected chi connectivity index (χ1v) is 4.63. The van der Waals surface area contributed by atoms with Gasteiger partial charge >= 0.3 is 0 Å². The van der Waals surface area contributed by atoms with Crippen molar-refractivity contribution in [2.45, 2.75) is 25.7 Å². The highest BCUT2D eigenvalue weighted by molar-refractivity contribution is 5.11. The Morgan fingerprint density at radius 1 is 0.417 bits per heavy atom. The molecule has 1 rings (SSSR count). The maximum atomic E-state index is 2.27. The molecule has 12 heavy (non-hydrogen) atoms. The zero-order chi connectivity index (χ0) is 8.49. The van der Waals surface area contributed by atoms with E-state index in [4.69, 9.17) is 0 Å².